The number of methoxy groups -OCH3 is 1. The van der Waals surface area contributed by atoms with Crippen LogP contribution in [-0.2, 0) is 6.54 Å². The number of ether oxygens (including phenoxy) is 1. The Labute approximate surface area is 172 Å². The van der Waals surface area contributed by atoms with Crippen molar-refractivity contribution in [3.63, 3.8) is 0 Å². The van der Waals surface area contributed by atoms with E-state index < -0.39 is 11.2 Å². The van der Waals surface area contributed by atoms with E-state index in [1.165, 1.54) is 0 Å². The Morgan fingerprint density at radius 1 is 1.13 bits per heavy atom. The van der Waals surface area contributed by atoms with Gasteiger partial charge in [-0.15, -0.1) is 0 Å². The first kappa shape index (κ1) is 19.6. The van der Waals surface area contributed by atoms with Crippen LogP contribution in [0.3, 0.4) is 0 Å². The average molecular weight is 406 g/mol. The van der Waals surface area contributed by atoms with Gasteiger partial charge in [-0.3, -0.25) is 9.78 Å². The molecule has 0 amide bonds. The Morgan fingerprint density at radius 2 is 1.90 bits per heavy atom. The highest BCUT2D eigenvalue weighted by Gasteiger charge is 2.19. The van der Waals surface area contributed by atoms with E-state index in [2.05, 4.69) is 19.9 Å². The maximum atomic E-state index is 12.4. The van der Waals surface area contributed by atoms with Crippen LogP contribution < -0.4 is 20.9 Å². The van der Waals surface area contributed by atoms with Gasteiger partial charge < -0.3 is 14.2 Å². The quantitative estimate of drug-likeness (QED) is 0.503. The number of likely N-dealkylation sites (N-methyl/N-ethyl adjacent to an activating group) is 1. The van der Waals surface area contributed by atoms with Crippen LogP contribution >= 0.6 is 0 Å². The monoisotopic (exact) mass is 406 g/mol. The fourth-order valence-corrected chi connectivity index (χ4v) is 3.40. The second-order valence-corrected chi connectivity index (χ2v) is 7.21. The molecule has 3 heterocycles. The number of nitrogens with one attached hydrogen (secondary N) is 1. The standard InChI is InChI=1S/C21H22N6O3/c1-12-9-15-16(10-13(12)2)27(19-18(23-15)20(28)25-21(29)24-19)8-7-26(3)14-5-6-22-17(11-14)30-4/h5-6,9-11H,7-8H2,1-4H3,(H,25,28,29). The molecule has 0 saturated heterocycles. The fraction of sp³-hybridized carbons (Fsp3) is 0.286. The molecule has 0 radical (unpaired) electrons. The van der Waals surface area contributed by atoms with Crippen molar-refractivity contribution in [3.05, 3.63) is 62.4 Å². The van der Waals surface area contributed by atoms with Gasteiger partial charge in [-0.05, 0) is 43.2 Å². The topological polar surface area (TPSA) is 106 Å². The Kier molecular flexibility index (Phi) is 4.94. The van der Waals surface area contributed by atoms with Gasteiger partial charge in [-0.2, -0.15) is 4.98 Å². The lowest BCUT2D eigenvalue weighted by molar-refractivity contribution is 0.398. The van der Waals surface area contributed by atoms with Gasteiger partial charge in [0.15, 0.2) is 11.5 Å². The van der Waals surface area contributed by atoms with Crippen molar-refractivity contribution < 1.29 is 4.74 Å². The van der Waals surface area contributed by atoms with E-state index in [4.69, 9.17) is 4.74 Å². The molecule has 1 aromatic carbocycles. The number of aryl methyl sites for hydroxylation is 2. The zero-order valence-corrected chi connectivity index (χ0v) is 17.3. The summed E-state index contributed by atoms with van der Waals surface area (Å²) < 4.78 is 7.08. The lowest BCUT2D eigenvalue weighted by Gasteiger charge is -2.23. The van der Waals surface area contributed by atoms with E-state index in [-0.39, 0.29) is 11.5 Å². The van der Waals surface area contributed by atoms with Gasteiger partial charge in [0, 0.05) is 38.1 Å². The summed E-state index contributed by atoms with van der Waals surface area (Å²) in [6, 6.07) is 7.70. The number of anilines is 1. The van der Waals surface area contributed by atoms with Crippen molar-refractivity contribution in [3.8, 4) is 17.4 Å². The van der Waals surface area contributed by atoms with Gasteiger partial charge in [-0.1, -0.05) is 0 Å². The maximum absolute atomic E-state index is 12.4. The number of nitrogens with zero attached hydrogens (tertiary/aromatic N) is 5. The van der Waals surface area contributed by atoms with E-state index >= 15 is 0 Å². The number of H-pyrrole nitrogens is 1. The summed E-state index contributed by atoms with van der Waals surface area (Å²) in [4.78, 5) is 41.2. The number of hydrogen-bond donors (Lipinski definition) is 1. The molecule has 2 aliphatic heterocycles. The molecule has 0 fully saturated rings. The van der Waals surface area contributed by atoms with Gasteiger partial charge >= 0.3 is 5.69 Å². The fourth-order valence-electron chi connectivity index (χ4n) is 3.40. The zero-order valence-electron chi connectivity index (χ0n) is 17.3. The average Bonchev–Trinajstić information content (AvgIpc) is 2.73. The molecule has 0 unspecified atom stereocenters. The number of aromatic amines is 1. The molecule has 0 bridgehead atoms. The minimum atomic E-state index is -0.682. The molecule has 1 aromatic heterocycles. The Balaban J connectivity index is 1.82. The van der Waals surface area contributed by atoms with Gasteiger partial charge in [0.05, 0.1) is 18.1 Å². The van der Waals surface area contributed by atoms with Gasteiger partial charge in [-0.25, -0.2) is 14.8 Å². The van der Waals surface area contributed by atoms with Gasteiger partial charge in [0.2, 0.25) is 5.88 Å². The molecule has 9 nitrogen and oxygen atoms in total. The predicted octanol–water partition coefficient (Wildman–Crippen LogP) is 1.74. The number of pyridine rings is 1. The predicted molar refractivity (Wildman–Crippen MR) is 115 cm³/mol. The largest absolute Gasteiger partial charge is 0.481 e. The number of aromatic nitrogens is 5. The highest BCUT2D eigenvalue weighted by molar-refractivity contribution is 5.81. The lowest BCUT2D eigenvalue weighted by Crippen LogP contribution is -2.30. The van der Waals surface area contributed by atoms with E-state index in [0.717, 1.165) is 22.3 Å². The van der Waals surface area contributed by atoms with Crippen molar-refractivity contribution in [1.29, 1.82) is 0 Å². The van der Waals surface area contributed by atoms with Crippen LogP contribution in [0.4, 0.5) is 5.69 Å². The summed E-state index contributed by atoms with van der Waals surface area (Å²) in [6.45, 7) is 5.11. The third-order valence-corrected chi connectivity index (χ3v) is 5.25. The number of benzene rings is 1. The molecule has 2 aromatic rings. The normalized spacial score (nSPS) is 11.2. The molecule has 0 aliphatic carbocycles. The van der Waals surface area contributed by atoms with Crippen molar-refractivity contribution >= 4 is 16.7 Å². The maximum Gasteiger partial charge on any atom is 0.349 e. The van der Waals surface area contributed by atoms with Crippen LogP contribution in [0.25, 0.3) is 22.6 Å². The second kappa shape index (κ2) is 7.58. The minimum absolute atomic E-state index is 0.151. The molecule has 0 spiro atoms. The van der Waals surface area contributed by atoms with Crippen LogP contribution in [0.1, 0.15) is 11.1 Å². The van der Waals surface area contributed by atoms with Crippen molar-refractivity contribution in [2.24, 2.45) is 0 Å². The van der Waals surface area contributed by atoms with E-state index in [1.807, 2.05) is 54.6 Å². The molecule has 154 valence electrons. The number of fused-ring (bicyclic) bond motifs is 2. The molecule has 4 rings (SSSR count). The third-order valence-electron chi connectivity index (χ3n) is 5.25. The van der Waals surface area contributed by atoms with Gasteiger partial charge in [0.25, 0.3) is 5.56 Å². The van der Waals surface area contributed by atoms with Crippen molar-refractivity contribution in [2.75, 3.05) is 25.6 Å². The summed E-state index contributed by atoms with van der Waals surface area (Å²) in [5.41, 5.74) is 3.55. The number of hydrogen-bond acceptors (Lipinski definition) is 7. The van der Waals surface area contributed by atoms with Crippen LogP contribution in [0.2, 0.25) is 0 Å². The highest BCUT2D eigenvalue weighted by atomic mass is 16.5. The Morgan fingerprint density at radius 3 is 2.67 bits per heavy atom. The Hall–Kier alpha value is -3.75. The molecule has 30 heavy (non-hydrogen) atoms. The van der Waals surface area contributed by atoms with Crippen molar-refractivity contribution in [1.82, 2.24) is 24.5 Å². The Bertz CT molecular complexity index is 1330. The summed E-state index contributed by atoms with van der Waals surface area (Å²) in [5, 5.41) is 0. The summed E-state index contributed by atoms with van der Waals surface area (Å²) in [6.07, 6.45) is 1.69. The first-order valence-corrected chi connectivity index (χ1v) is 9.50. The van der Waals surface area contributed by atoms with E-state index in [0.29, 0.717) is 24.5 Å². The van der Waals surface area contributed by atoms with Crippen LogP contribution in [0.15, 0.2) is 40.1 Å². The molecular weight excluding hydrogens is 384 g/mol. The second-order valence-electron chi connectivity index (χ2n) is 7.21. The van der Waals surface area contributed by atoms with Crippen LogP contribution in [0, 0.1) is 13.8 Å². The highest BCUT2D eigenvalue weighted by Crippen LogP contribution is 2.24. The minimum Gasteiger partial charge on any atom is -0.481 e. The zero-order chi connectivity index (χ0) is 21.4. The van der Waals surface area contributed by atoms with Crippen LogP contribution in [-0.4, -0.2) is 45.2 Å². The molecule has 2 aliphatic rings. The molecule has 0 saturated carbocycles. The lowest BCUT2D eigenvalue weighted by atomic mass is 10.1. The van der Waals surface area contributed by atoms with Crippen LogP contribution in [0.5, 0.6) is 5.88 Å². The summed E-state index contributed by atoms with van der Waals surface area (Å²) >= 11 is 0. The number of rotatable bonds is 5. The van der Waals surface area contributed by atoms with Crippen molar-refractivity contribution in [2.45, 2.75) is 20.4 Å². The van der Waals surface area contributed by atoms with E-state index in [9.17, 15) is 9.59 Å². The molecular formula is C21H22N6O3. The van der Waals surface area contributed by atoms with Gasteiger partial charge in [0.1, 0.15) is 0 Å². The molecule has 1 N–H and O–H groups in total. The molecule has 9 heteroatoms. The first-order valence-electron chi connectivity index (χ1n) is 9.50. The SMILES string of the molecule is COc1cc(N(C)CCn2c3nc(=O)[nH]c(=O)c-3nc3cc(C)c(C)cc32)ccn1. The summed E-state index contributed by atoms with van der Waals surface area (Å²) in [7, 11) is 3.53. The first-order chi connectivity index (χ1) is 14.4. The smallest absolute Gasteiger partial charge is 0.349 e. The summed E-state index contributed by atoms with van der Waals surface area (Å²) in [5.74, 6) is 0.808. The third kappa shape index (κ3) is 3.49. The van der Waals surface area contributed by atoms with E-state index in [1.54, 1.807) is 13.3 Å². The molecule has 0 atom stereocenters.